The van der Waals surface area contributed by atoms with Crippen molar-refractivity contribution in [2.24, 2.45) is 4.40 Å². The summed E-state index contributed by atoms with van der Waals surface area (Å²) in [6.07, 6.45) is 1.55. The number of nitro benzene ring substituents is 1. The summed E-state index contributed by atoms with van der Waals surface area (Å²) < 4.78 is 28.2. The number of carbonyl (C=O) groups excluding carboxylic acids is 1. The minimum atomic E-state index is -3.84. The molecule has 0 bridgehead atoms. The van der Waals surface area contributed by atoms with E-state index in [1.54, 1.807) is 24.3 Å². The van der Waals surface area contributed by atoms with Crippen LogP contribution in [-0.4, -0.2) is 34.4 Å². The zero-order chi connectivity index (χ0) is 20.8. The molecule has 1 saturated heterocycles. The summed E-state index contributed by atoms with van der Waals surface area (Å²) in [6, 6.07) is 12.0. The Kier molecular flexibility index (Phi) is 4.68. The van der Waals surface area contributed by atoms with Crippen LogP contribution in [0, 0.1) is 10.1 Å². The van der Waals surface area contributed by atoms with Crippen LogP contribution in [0.15, 0.2) is 62.7 Å². The van der Waals surface area contributed by atoms with Gasteiger partial charge in [0.15, 0.2) is 10.2 Å². The van der Waals surface area contributed by atoms with Gasteiger partial charge in [0.2, 0.25) is 0 Å². The highest BCUT2D eigenvalue weighted by atomic mass is 32.2. The topological polar surface area (TPSA) is 122 Å². The first-order valence-corrected chi connectivity index (χ1v) is 10.7. The molecule has 0 atom stereocenters. The van der Waals surface area contributed by atoms with E-state index in [1.165, 1.54) is 30.3 Å². The molecule has 2 aromatic rings. The third kappa shape index (κ3) is 3.52. The van der Waals surface area contributed by atoms with E-state index in [4.69, 9.17) is 12.2 Å². The fraction of sp³-hybridized carbons (Fsp3) is 0. The van der Waals surface area contributed by atoms with Crippen LogP contribution in [-0.2, 0) is 14.8 Å². The van der Waals surface area contributed by atoms with E-state index in [-0.39, 0.29) is 25.6 Å². The van der Waals surface area contributed by atoms with Crippen LogP contribution < -0.4 is 5.43 Å². The van der Waals surface area contributed by atoms with Gasteiger partial charge in [-0.25, -0.2) is 0 Å². The molecule has 9 nitrogen and oxygen atoms in total. The predicted molar refractivity (Wildman–Crippen MR) is 111 cm³/mol. The van der Waals surface area contributed by atoms with Crippen LogP contribution >= 0.6 is 24.0 Å². The first kappa shape index (κ1) is 19.2. The zero-order valence-corrected chi connectivity index (χ0v) is 16.8. The van der Waals surface area contributed by atoms with Gasteiger partial charge in [-0.05, 0) is 48.1 Å². The summed E-state index contributed by atoms with van der Waals surface area (Å²) in [4.78, 5) is 23.3. The molecule has 2 aliphatic rings. The monoisotopic (exact) mass is 446 g/mol. The molecule has 2 heterocycles. The van der Waals surface area contributed by atoms with Crippen LogP contribution in [0.2, 0.25) is 0 Å². The zero-order valence-electron chi connectivity index (χ0n) is 14.3. The number of sulfonamides is 1. The number of fused-ring (bicyclic) bond motifs is 1. The van der Waals surface area contributed by atoms with Crippen molar-refractivity contribution in [1.29, 1.82) is 0 Å². The Labute approximate surface area is 174 Å². The number of amidine groups is 1. The number of nitro groups is 1. The maximum atomic E-state index is 12.7. The highest BCUT2D eigenvalue weighted by Gasteiger charge is 2.36. The fourth-order valence-corrected chi connectivity index (χ4v) is 5.05. The Morgan fingerprint density at radius 3 is 2.55 bits per heavy atom. The van der Waals surface area contributed by atoms with E-state index in [9.17, 15) is 23.3 Å². The first-order chi connectivity index (χ1) is 13.8. The Balaban J connectivity index is 1.59. The van der Waals surface area contributed by atoms with E-state index in [0.29, 0.717) is 11.1 Å². The van der Waals surface area contributed by atoms with Crippen LogP contribution in [0.1, 0.15) is 11.1 Å². The molecule has 0 aliphatic carbocycles. The van der Waals surface area contributed by atoms with Gasteiger partial charge < -0.3 is 0 Å². The molecule has 2 aromatic carbocycles. The molecule has 29 heavy (non-hydrogen) atoms. The second kappa shape index (κ2) is 7.06. The van der Waals surface area contributed by atoms with Gasteiger partial charge >= 0.3 is 0 Å². The predicted octanol–water partition coefficient (Wildman–Crippen LogP) is 2.45. The lowest BCUT2D eigenvalue weighted by Crippen LogP contribution is -2.44. The lowest BCUT2D eigenvalue weighted by atomic mass is 10.2. The normalized spacial score (nSPS) is 18.7. The molecule has 0 spiro atoms. The number of rotatable bonds is 3. The van der Waals surface area contributed by atoms with E-state index in [0.717, 1.165) is 16.8 Å². The Hall–Kier alpha value is -3.09. The van der Waals surface area contributed by atoms with Crippen molar-refractivity contribution in [1.82, 2.24) is 10.4 Å². The van der Waals surface area contributed by atoms with Gasteiger partial charge in [-0.3, -0.25) is 20.3 Å². The quantitative estimate of drug-likeness (QED) is 0.330. The molecule has 1 amide bonds. The maximum absolute atomic E-state index is 12.7. The summed E-state index contributed by atoms with van der Waals surface area (Å²) in [7, 11) is -3.84. The lowest BCUT2D eigenvalue weighted by Gasteiger charge is -2.16. The minimum absolute atomic E-state index is 0.00786. The summed E-state index contributed by atoms with van der Waals surface area (Å²) in [5, 5.41) is 11.8. The standard InChI is InChI=1S/C17H10N4O5S3/c22-16-13(9-10-5-7-11(8-6-10)21(23)24)28-17(27)20(16)18-15-12-3-1-2-4-14(12)29(25,26)19-15/h1-9H,(H,18,19)/b13-9+. The van der Waals surface area contributed by atoms with Gasteiger partial charge in [0, 0.05) is 17.7 Å². The average molecular weight is 446 g/mol. The molecular formula is C17H10N4O5S3. The third-order valence-electron chi connectivity index (χ3n) is 4.04. The minimum Gasteiger partial charge on any atom is -0.272 e. The number of hydrazine groups is 1. The molecule has 4 rings (SSSR count). The van der Waals surface area contributed by atoms with Crippen LogP contribution in [0.5, 0.6) is 0 Å². The van der Waals surface area contributed by atoms with Crippen molar-refractivity contribution >= 4 is 61.8 Å². The molecule has 1 fully saturated rings. The fourth-order valence-electron chi connectivity index (χ4n) is 2.70. The van der Waals surface area contributed by atoms with Gasteiger partial charge in [-0.1, -0.05) is 23.9 Å². The number of thiocarbonyl (C=S) groups is 1. The molecule has 0 unspecified atom stereocenters. The highest BCUT2D eigenvalue weighted by molar-refractivity contribution is 8.26. The molecule has 0 aromatic heterocycles. The molecule has 0 radical (unpaired) electrons. The van der Waals surface area contributed by atoms with Crippen molar-refractivity contribution in [3.8, 4) is 0 Å². The first-order valence-electron chi connectivity index (χ1n) is 8.00. The van der Waals surface area contributed by atoms with Crippen molar-refractivity contribution in [2.45, 2.75) is 4.90 Å². The van der Waals surface area contributed by atoms with E-state index >= 15 is 0 Å². The summed E-state index contributed by atoms with van der Waals surface area (Å²) in [6.45, 7) is 0. The highest BCUT2D eigenvalue weighted by Crippen LogP contribution is 2.33. The SMILES string of the molecule is O=C1/C(=C\c2ccc([N+](=O)[O-])cc2)SC(=S)N1NC1=NS(=O)(=O)c2ccccc21. The molecular weight excluding hydrogens is 436 g/mol. The van der Waals surface area contributed by atoms with Crippen molar-refractivity contribution in [3.05, 3.63) is 74.7 Å². The van der Waals surface area contributed by atoms with Crippen LogP contribution in [0.25, 0.3) is 6.08 Å². The van der Waals surface area contributed by atoms with E-state index in [1.807, 2.05) is 0 Å². The van der Waals surface area contributed by atoms with Crippen LogP contribution in [0.3, 0.4) is 0 Å². The smallest absolute Gasteiger partial charge is 0.272 e. The number of nitrogens with zero attached hydrogens (tertiary/aromatic N) is 3. The number of benzene rings is 2. The molecule has 2 aliphatic heterocycles. The van der Waals surface area contributed by atoms with E-state index < -0.39 is 20.9 Å². The largest absolute Gasteiger partial charge is 0.285 e. The Morgan fingerprint density at radius 1 is 1.17 bits per heavy atom. The summed E-state index contributed by atoms with van der Waals surface area (Å²) in [5.74, 6) is -0.476. The maximum Gasteiger partial charge on any atom is 0.285 e. The number of hydrogen-bond acceptors (Lipinski definition) is 8. The van der Waals surface area contributed by atoms with Gasteiger partial charge in [0.25, 0.3) is 21.6 Å². The Bertz CT molecular complexity index is 1240. The molecule has 0 saturated carbocycles. The third-order valence-corrected chi connectivity index (χ3v) is 6.68. The van der Waals surface area contributed by atoms with E-state index in [2.05, 4.69) is 9.82 Å². The average Bonchev–Trinajstić information content (AvgIpc) is 3.10. The number of thioether (sulfide) groups is 1. The van der Waals surface area contributed by atoms with Crippen molar-refractivity contribution in [2.75, 3.05) is 0 Å². The number of carbonyl (C=O) groups is 1. The number of nitrogens with one attached hydrogen (secondary N) is 1. The van der Waals surface area contributed by atoms with Gasteiger partial charge in [0.1, 0.15) is 4.90 Å². The second-order valence-electron chi connectivity index (χ2n) is 5.89. The van der Waals surface area contributed by atoms with Gasteiger partial charge in [0.05, 0.1) is 9.83 Å². The van der Waals surface area contributed by atoms with Gasteiger partial charge in [-0.2, -0.15) is 13.4 Å². The van der Waals surface area contributed by atoms with Gasteiger partial charge in [-0.15, -0.1) is 4.40 Å². The van der Waals surface area contributed by atoms with Crippen molar-refractivity contribution < 1.29 is 18.1 Å². The molecule has 12 heteroatoms. The summed E-state index contributed by atoms with van der Waals surface area (Å²) >= 11 is 6.25. The Morgan fingerprint density at radius 2 is 1.86 bits per heavy atom. The summed E-state index contributed by atoms with van der Waals surface area (Å²) in [5.41, 5.74) is 3.57. The lowest BCUT2D eigenvalue weighted by molar-refractivity contribution is -0.384. The number of non-ortho nitro benzene ring substituents is 1. The number of hydrogen-bond donors (Lipinski definition) is 1. The number of amides is 1. The molecule has 146 valence electrons. The van der Waals surface area contributed by atoms with Crippen LogP contribution in [0.4, 0.5) is 5.69 Å². The van der Waals surface area contributed by atoms with Crippen molar-refractivity contribution in [3.63, 3.8) is 0 Å². The second-order valence-corrected chi connectivity index (χ2v) is 9.14. The molecule has 1 N–H and O–H groups in total.